The predicted octanol–water partition coefficient (Wildman–Crippen LogP) is 7.48. The number of halogens is 6. The lowest BCUT2D eigenvalue weighted by Crippen LogP contribution is -2.06. The molecule has 4 rings (SSSR count). The van der Waals surface area contributed by atoms with Crippen LogP contribution >= 0.6 is 0 Å². The van der Waals surface area contributed by atoms with E-state index in [1.54, 1.807) is 0 Å². The number of ketones is 1. The van der Waals surface area contributed by atoms with E-state index in [-0.39, 0.29) is 33.8 Å². The van der Waals surface area contributed by atoms with E-state index in [1.807, 2.05) is 0 Å². The second-order valence-corrected chi connectivity index (χ2v) is 6.81. The Kier molecular flexibility index (Phi) is 5.20. The summed E-state index contributed by atoms with van der Waals surface area (Å²) in [5, 5.41) is 0. The fourth-order valence-electron chi connectivity index (χ4n) is 3.24. The molecule has 3 nitrogen and oxygen atoms in total. The van der Waals surface area contributed by atoms with Gasteiger partial charge in [-0.05, 0) is 36.4 Å². The van der Waals surface area contributed by atoms with Gasteiger partial charge in [0.2, 0.25) is 5.78 Å². The monoisotopic (exact) mass is 450 g/mol. The maximum atomic E-state index is 13.2. The molecule has 0 radical (unpaired) electrons. The molecule has 2 aromatic carbocycles. The van der Waals surface area contributed by atoms with Gasteiger partial charge in [-0.1, -0.05) is 24.3 Å². The summed E-state index contributed by atoms with van der Waals surface area (Å²) in [5.41, 5.74) is -1.90. The summed E-state index contributed by atoms with van der Waals surface area (Å²) in [7, 11) is 0. The third kappa shape index (κ3) is 4.05. The number of benzene rings is 2. The van der Waals surface area contributed by atoms with Crippen LogP contribution in [0.25, 0.3) is 22.6 Å². The van der Waals surface area contributed by atoms with Gasteiger partial charge in [-0.3, -0.25) is 4.79 Å². The second kappa shape index (κ2) is 7.74. The second-order valence-electron chi connectivity index (χ2n) is 6.81. The van der Waals surface area contributed by atoms with Gasteiger partial charge in [0, 0.05) is 11.1 Å². The van der Waals surface area contributed by atoms with Crippen molar-refractivity contribution in [1.82, 2.24) is 0 Å². The summed E-state index contributed by atoms with van der Waals surface area (Å²) >= 11 is 0. The molecular weight excluding hydrogens is 438 g/mol. The van der Waals surface area contributed by atoms with Crippen LogP contribution in [0.3, 0.4) is 0 Å². The van der Waals surface area contributed by atoms with Gasteiger partial charge in [0.25, 0.3) is 0 Å². The summed E-state index contributed by atoms with van der Waals surface area (Å²) in [6.07, 6.45) is -6.89. The maximum absolute atomic E-state index is 13.2. The topological polar surface area (TPSA) is 43.4 Å². The average molecular weight is 450 g/mol. The number of furan rings is 2. The maximum Gasteiger partial charge on any atom is 0.416 e. The molecule has 0 aliphatic carbocycles. The zero-order chi connectivity index (χ0) is 23.1. The number of rotatable bonds is 4. The van der Waals surface area contributed by atoms with Crippen molar-refractivity contribution in [3.05, 3.63) is 95.4 Å². The van der Waals surface area contributed by atoms with Gasteiger partial charge in [-0.15, -0.1) is 0 Å². The number of alkyl halides is 6. The highest BCUT2D eigenvalue weighted by Crippen LogP contribution is 2.37. The molecule has 0 aliphatic heterocycles. The molecule has 0 N–H and O–H groups in total. The first-order valence-electron chi connectivity index (χ1n) is 9.10. The van der Waals surface area contributed by atoms with Gasteiger partial charge >= 0.3 is 12.4 Å². The SMILES string of the molecule is O=C(c1ccoc1-c1cccc(C(F)(F)F)c1)c1ccoc1-c1cccc(C(F)(F)F)c1. The van der Waals surface area contributed by atoms with Gasteiger partial charge in [0.1, 0.15) is 11.5 Å². The number of carbonyl (C=O) groups excluding carboxylic acids is 1. The summed E-state index contributed by atoms with van der Waals surface area (Å²) in [4.78, 5) is 13.2. The number of hydrogen-bond acceptors (Lipinski definition) is 3. The first kappa shape index (κ1) is 21.5. The van der Waals surface area contributed by atoms with Crippen LogP contribution in [0, 0.1) is 0 Å². The van der Waals surface area contributed by atoms with Gasteiger partial charge in [-0.2, -0.15) is 26.3 Å². The summed E-state index contributed by atoms with van der Waals surface area (Å²) in [6.45, 7) is 0. The summed E-state index contributed by atoms with van der Waals surface area (Å²) in [6, 6.07) is 11.1. The Balaban J connectivity index is 1.75. The van der Waals surface area contributed by atoms with Crippen LogP contribution in [0.2, 0.25) is 0 Å². The molecular formula is C23H12F6O3. The summed E-state index contributed by atoms with van der Waals surface area (Å²) in [5.74, 6) is -0.873. The highest BCUT2D eigenvalue weighted by Gasteiger charge is 2.32. The van der Waals surface area contributed by atoms with Crippen molar-refractivity contribution in [1.29, 1.82) is 0 Å². The lowest BCUT2D eigenvalue weighted by molar-refractivity contribution is -0.138. The third-order valence-corrected chi connectivity index (χ3v) is 4.72. The first-order valence-corrected chi connectivity index (χ1v) is 9.10. The molecule has 2 aromatic heterocycles. The smallest absolute Gasteiger partial charge is 0.416 e. The van der Waals surface area contributed by atoms with E-state index in [9.17, 15) is 31.1 Å². The lowest BCUT2D eigenvalue weighted by atomic mass is 9.97. The molecule has 2 heterocycles. The van der Waals surface area contributed by atoms with Crippen LogP contribution in [0.1, 0.15) is 27.0 Å². The molecule has 0 unspecified atom stereocenters. The van der Waals surface area contributed by atoms with E-state index < -0.39 is 29.3 Å². The lowest BCUT2D eigenvalue weighted by Gasteiger charge is -2.09. The van der Waals surface area contributed by atoms with Crippen LogP contribution in [-0.2, 0) is 12.4 Å². The molecule has 0 bridgehead atoms. The van der Waals surface area contributed by atoms with E-state index in [0.29, 0.717) is 0 Å². The van der Waals surface area contributed by atoms with Gasteiger partial charge < -0.3 is 8.83 Å². The van der Waals surface area contributed by atoms with Crippen molar-refractivity contribution >= 4 is 5.78 Å². The highest BCUT2D eigenvalue weighted by molar-refractivity contribution is 6.14. The number of hydrogen-bond donors (Lipinski definition) is 0. The van der Waals surface area contributed by atoms with Gasteiger partial charge in [-0.25, -0.2) is 0 Å². The van der Waals surface area contributed by atoms with E-state index in [1.165, 1.54) is 36.4 Å². The molecule has 0 atom stereocenters. The van der Waals surface area contributed by atoms with Crippen molar-refractivity contribution in [2.75, 3.05) is 0 Å². The Morgan fingerprint density at radius 1 is 0.625 bits per heavy atom. The van der Waals surface area contributed by atoms with E-state index in [2.05, 4.69) is 0 Å². The molecule has 0 fully saturated rings. The molecule has 4 aromatic rings. The Morgan fingerprint density at radius 2 is 1.03 bits per heavy atom. The van der Waals surface area contributed by atoms with Crippen molar-refractivity contribution in [3.63, 3.8) is 0 Å². The van der Waals surface area contributed by atoms with Crippen molar-refractivity contribution in [2.24, 2.45) is 0 Å². The quantitative estimate of drug-likeness (QED) is 0.239. The molecule has 9 heteroatoms. The highest BCUT2D eigenvalue weighted by atomic mass is 19.4. The minimum atomic E-state index is -4.59. The average Bonchev–Trinajstić information content (AvgIpc) is 3.42. The standard InChI is InChI=1S/C23H12F6O3/c24-22(25,26)15-5-1-3-13(11-15)20-17(7-9-31-20)19(30)18-8-10-32-21(18)14-4-2-6-16(12-14)23(27,28)29/h1-12H. The molecule has 164 valence electrons. The zero-order valence-corrected chi connectivity index (χ0v) is 15.9. The third-order valence-electron chi connectivity index (χ3n) is 4.72. The Morgan fingerprint density at radius 3 is 1.41 bits per heavy atom. The fourth-order valence-corrected chi connectivity index (χ4v) is 3.24. The largest absolute Gasteiger partial charge is 0.464 e. The van der Waals surface area contributed by atoms with Crippen molar-refractivity contribution in [2.45, 2.75) is 12.4 Å². The normalized spacial score (nSPS) is 12.2. The Labute approximate surface area is 176 Å². The molecule has 0 spiro atoms. The van der Waals surface area contributed by atoms with Crippen molar-refractivity contribution < 1.29 is 40.0 Å². The fraction of sp³-hybridized carbons (Fsp3) is 0.0870. The minimum Gasteiger partial charge on any atom is -0.464 e. The summed E-state index contributed by atoms with van der Waals surface area (Å²) < 4.78 is 88.9. The van der Waals surface area contributed by atoms with E-state index >= 15 is 0 Å². The number of carbonyl (C=O) groups is 1. The van der Waals surface area contributed by atoms with E-state index in [0.717, 1.165) is 36.8 Å². The predicted molar refractivity (Wildman–Crippen MR) is 102 cm³/mol. The van der Waals surface area contributed by atoms with Gasteiger partial charge in [0.15, 0.2) is 0 Å². The van der Waals surface area contributed by atoms with Gasteiger partial charge in [0.05, 0.1) is 34.8 Å². The van der Waals surface area contributed by atoms with Crippen molar-refractivity contribution in [3.8, 4) is 22.6 Å². The zero-order valence-electron chi connectivity index (χ0n) is 15.9. The first-order chi connectivity index (χ1) is 15.1. The Hall–Kier alpha value is -3.75. The molecule has 0 saturated carbocycles. The molecule has 0 aliphatic rings. The molecule has 0 amide bonds. The minimum absolute atomic E-state index is 0.0253. The van der Waals surface area contributed by atoms with Crippen LogP contribution in [-0.4, -0.2) is 5.78 Å². The molecule has 0 saturated heterocycles. The Bertz CT molecular complexity index is 1180. The van der Waals surface area contributed by atoms with Crippen LogP contribution < -0.4 is 0 Å². The van der Waals surface area contributed by atoms with Crippen LogP contribution in [0.15, 0.2) is 82.0 Å². The van der Waals surface area contributed by atoms with Crippen LogP contribution in [0.5, 0.6) is 0 Å². The van der Waals surface area contributed by atoms with E-state index in [4.69, 9.17) is 8.83 Å². The molecule has 32 heavy (non-hydrogen) atoms. The van der Waals surface area contributed by atoms with Crippen LogP contribution in [0.4, 0.5) is 26.3 Å².